The number of hydrogen-bond acceptors (Lipinski definition) is 5. The van der Waals surface area contributed by atoms with E-state index in [9.17, 15) is 0 Å². The molecule has 0 bridgehead atoms. The number of hydrogen-bond donors (Lipinski definition) is 1. The number of nitrogen functional groups attached to an aromatic ring is 1. The third kappa shape index (κ3) is 2.08. The Balaban J connectivity index is 2.54. The van der Waals surface area contributed by atoms with E-state index < -0.39 is 0 Å². The molecule has 0 fully saturated rings. The monoisotopic (exact) mass is 298 g/mol. The highest BCUT2D eigenvalue weighted by atomic mass is 79.9. The smallest absolute Gasteiger partial charge is 0.191 e. The van der Waals surface area contributed by atoms with Gasteiger partial charge in [-0.15, -0.1) is 11.3 Å². The van der Waals surface area contributed by atoms with Gasteiger partial charge >= 0.3 is 0 Å². The van der Waals surface area contributed by atoms with Crippen molar-refractivity contribution in [2.75, 3.05) is 5.73 Å². The topological polar surface area (TPSA) is 64.7 Å². The molecule has 0 aliphatic carbocycles. The Kier molecular flexibility index (Phi) is 3.20. The highest BCUT2D eigenvalue weighted by Gasteiger charge is 2.12. The van der Waals surface area contributed by atoms with Gasteiger partial charge in [-0.1, -0.05) is 6.92 Å². The second-order valence-electron chi connectivity index (χ2n) is 3.34. The summed E-state index contributed by atoms with van der Waals surface area (Å²) in [7, 11) is 0. The van der Waals surface area contributed by atoms with Crippen molar-refractivity contribution < 1.29 is 0 Å². The summed E-state index contributed by atoms with van der Waals surface area (Å²) in [5, 5.41) is 2.79. The van der Waals surface area contributed by atoms with E-state index >= 15 is 0 Å². The Morgan fingerprint density at radius 2 is 2.12 bits per heavy atom. The van der Waals surface area contributed by atoms with Crippen molar-refractivity contribution in [3.05, 3.63) is 21.2 Å². The predicted octanol–water partition coefficient (Wildman–Crippen LogP) is 2.82. The summed E-state index contributed by atoms with van der Waals surface area (Å²) in [4.78, 5) is 13.0. The molecule has 2 heterocycles. The van der Waals surface area contributed by atoms with Crippen LogP contribution in [-0.2, 0) is 6.42 Å². The summed E-state index contributed by atoms with van der Waals surface area (Å²) in [5.74, 6) is 1.07. The summed E-state index contributed by atoms with van der Waals surface area (Å²) in [6, 6.07) is 0. The van der Waals surface area contributed by atoms with Crippen molar-refractivity contribution in [3.63, 3.8) is 0 Å². The van der Waals surface area contributed by atoms with Crippen molar-refractivity contribution in [1.82, 2.24) is 15.0 Å². The van der Waals surface area contributed by atoms with Crippen LogP contribution in [0.5, 0.6) is 0 Å². The Labute approximate surface area is 106 Å². The van der Waals surface area contributed by atoms with Gasteiger partial charge < -0.3 is 5.73 Å². The molecule has 0 spiro atoms. The van der Waals surface area contributed by atoms with Crippen molar-refractivity contribution in [2.45, 2.75) is 20.3 Å². The van der Waals surface area contributed by atoms with Crippen LogP contribution in [0.3, 0.4) is 0 Å². The zero-order chi connectivity index (χ0) is 11.7. The van der Waals surface area contributed by atoms with E-state index in [1.54, 1.807) is 0 Å². The maximum atomic E-state index is 5.82. The van der Waals surface area contributed by atoms with Gasteiger partial charge in [-0.2, -0.15) is 0 Å². The molecule has 2 aromatic rings. The van der Waals surface area contributed by atoms with Crippen LogP contribution >= 0.6 is 27.3 Å². The standard InChI is InChI=1S/C10H11BrN4S/c1-3-6-7(11)8(12)15-9(14-6)10-13-5(2)4-16-10/h4H,3H2,1-2H3,(H2,12,14,15). The number of rotatable bonds is 2. The highest BCUT2D eigenvalue weighted by molar-refractivity contribution is 9.10. The lowest BCUT2D eigenvalue weighted by molar-refractivity contribution is 0.992. The fourth-order valence-corrected chi connectivity index (χ4v) is 2.49. The van der Waals surface area contributed by atoms with E-state index in [0.29, 0.717) is 11.6 Å². The Morgan fingerprint density at radius 3 is 2.69 bits per heavy atom. The molecule has 0 aromatic carbocycles. The maximum Gasteiger partial charge on any atom is 0.191 e. The molecule has 16 heavy (non-hydrogen) atoms. The maximum absolute atomic E-state index is 5.82. The average Bonchev–Trinajstić information content (AvgIpc) is 2.69. The summed E-state index contributed by atoms with van der Waals surface area (Å²) in [5.41, 5.74) is 7.71. The summed E-state index contributed by atoms with van der Waals surface area (Å²) >= 11 is 4.91. The largest absolute Gasteiger partial charge is 0.383 e. The number of aromatic nitrogens is 3. The minimum atomic E-state index is 0.467. The van der Waals surface area contributed by atoms with Gasteiger partial charge in [-0.05, 0) is 29.3 Å². The van der Waals surface area contributed by atoms with Gasteiger partial charge in [-0.25, -0.2) is 15.0 Å². The summed E-state index contributed by atoms with van der Waals surface area (Å²) in [6.07, 6.45) is 0.810. The van der Waals surface area contributed by atoms with Crippen LogP contribution in [0.2, 0.25) is 0 Å². The molecule has 2 N–H and O–H groups in total. The minimum Gasteiger partial charge on any atom is -0.383 e. The number of nitrogens with two attached hydrogens (primary N) is 1. The Bertz CT molecular complexity index is 524. The molecule has 0 amide bonds. The van der Waals surface area contributed by atoms with Crippen molar-refractivity contribution in [3.8, 4) is 10.8 Å². The zero-order valence-corrected chi connectivity index (χ0v) is 11.4. The van der Waals surface area contributed by atoms with Crippen molar-refractivity contribution in [2.24, 2.45) is 0 Å². The zero-order valence-electron chi connectivity index (χ0n) is 8.99. The van der Waals surface area contributed by atoms with Crippen LogP contribution in [0.15, 0.2) is 9.85 Å². The van der Waals surface area contributed by atoms with Crippen molar-refractivity contribution >= 4 is 33.1 Å². The van der Waals surface area contributed by atoms with E-state index in [0.717, 1.165) is 27.3 Å². The first-order chi connectivity index (χ1) is 7.61. The third-order valence-electron chi connectivity index (χ3n) is 2.09. The quantitative estimate of drug-likeness (QED) is 0.926. The van der Waals surface area contributed by atoms with Crippen LogP contribution in [-0.4, -0.2) is 15.0 Å². The number of thiazole rings is 1. The van der Waals surface area contributed by atoms with Gasteiger partial charge in [0.2, 0.25) is 0 Å². The fraction of sp³-hybridized carbons (Fsp3) is 0.300. The Hall–Kier alpha value is -1.01. The first kappa shape index (κ1) is 11.5. The number of aryl methyl sites for hydroxylation is 2. The van der Waals surface area contributed by atoms with E-state index in [4.69, 9.17) is 5.73 Å². The van der Waals surface area contributed by atoms with Crippen LogP contribution < -0.4 is 5.73 Å². The van der Waals surface area contributed by atoms with Crippen LogP contribution in [0.1, 0.15) is 18.3 Å². The number of nitrogens with zero attached hydrogens (tertiary/aromatic N) is 3. The fourth-order valence-electron chi connectivity index (χ4n) is 1.30. The molecule has 4 nitrogen and oxygen atoms in total. The lowest BCUT2D eigenvalue weighted by Crippen LogP contribution is -2.02. The first-order valence-electron chi connectivity index (χ1n) is 4.86. The molecule has 84 valence electrons. The molecule has 6 heteroatoms. The van der Waals surface area contributed by atoms with Crippen molar-refractivity contribution in [1.29, 1.82) is 0 Å². The lowest BCUT2D eigenvalue weighted by Gasteiger charge is -2.05. The van der Waals surface area contributed by atoms with Gasteiger partial charge in [0.1, 0.15) is 5.82 Å². The van der Waals surface area contributed by atoms with E-state index in [2.05, 4.69) is 30.9 Å². The van der Waals surface area contributed by atoms with Gasteiger partial charge in [0, 0.05) is 11.1 Å². The number of anilines is 1. The van der Waals surface area contributed by atoms with Gasteiger partial charge in [0.05, 0.1) is 10.2 Å². The molecular formula is C10H11BrN4S. The molecule has 0 aliphatic heterocycles. The molecule has 0 unspecified atom stereocenters. The molecule has 2 rings (SSSR count). The molecule has 0 saturated carbocycles. The lowest BCUT2D eigenvalue weighted by atomic mass is 10.3. The average molecular weight is 299 g/mol. The minimum absolute atomic E-state index is 0.467. The summed E-state index contributed by atoms with van der Waals surface area (Å²) < 4.78 is 0.784. The molecule has 0 radical (unpaired) electrons. The van der Waals surface area contributed by atoms with Crippen LogP contribution in [0.25, 0.3) is 10.8 Å². The van der Waals surface area contributed by atoms with Gasteiger partial charge in [0.15, 0.2) is 10.8 Å². The van der Waals surface area contributed by atoms with Crippen LogP contribution in [0.4, 0.5) is 5.82 Å². The molecule has 0 saturated heterocycles. The number of halogens is 1. The normalized spacial score (nSPS) is 10.7. The van der Waals surface area contributed by atoms with Gasteiger partial charge in [0.25, 0.3) is 0 Å². The molecular weight excluding hydrogens is 288 g/mol. The van der Waals surface area contributed by atoms with E-state index in [1.807, 2.05) is 19.2 Å². The second-order valence-corrected chi connectivity index (χ2v) is 4.99. The predicted molar refractivity (Wildman–Crippen MR) is 69.4 cm³/mol. The van der Waals surface area contributed by atoms with Crippen LogP contribution in [0, 0.1) is 6.92 Å². The SMILES string of the molecule is CCc1nc(-c2nc(C)cs2)nc(N)c1Br. The Morgan fingerprint density at radius 1 is 1.38 bits per heavy atom. The van der Waals surface area contributed by atoms with E-state index in [-0.39, 0.29) is 0 Å². The molecule has 0 aliphatic rings. The third-order valence-corrected chi connectivity index (χ3v) is 3.91. The molecule has 2 aromatic heterocycles. The van der Waals surface area contributed by atoms with Gasteiger partial charge in [-0.3, -0.25) is 0 Å². The van der Waals surface area contributed by atoms with E-state index in [1.165, 1.54) is 11.3 Å². The highest BCUT2D eigenvalue weighted by Crippen LogP contribution is 2.26. The molecule has 0 atom stereocenters. The second kappa shape index (κ2) is 4.47. The first-order valence-corrected chi connectivity index (χ1v) is 6.53. The summed E-state index contributed by atoms with van der Waals surface area (Å²) in [6.45, 7) is 3.98.